The van der Waals surface area contributed by atoms with Crippen LogP contribution in [-0.4, -0.2) is 18.4 Å². The number of benzene rings is 2. The third kappa shape index (κ3) is 4.83. The van der Waals surface area contributed by atoms with E-state index in [1.807, 2.05) is 49.4 Å². The fourth-order valence-corrected chi connectivity index (χ4v) is 2.71. The van der Waals surface area contributed by atoms with E-state index in [2.05, 4.69) is 5.32 Å². The summed E-state index contributed by atoms with van der Waals surface area (Å²) in [6.07, 6.45) is 0.184. The maximum absolute atomic E-state index is 12.8. The van der Waals surface area contributed by atoms with Crippen LogP contribution in [0.2, 0.25) is 5.02 Å². The highest BCUT2D eigenvalue weighted by atomic mass is 35.5. The summed E-state index contributed by atoms with van der Waals surface area (Å²) in [6, 6.07) is 16.3. The van der Waals surface area contributed by atoms with Crippen LogP contribution in [0.3, 0.4) is 0 Å². The van der Waals surface area contributed by atoms with Gasteiger partial charge in [-0.2, -0.15) is 0 Å². The molecule has 0 aliphatic carbocycles. The van der Waals surface area contributed by atoms with E-state index >= 15 is 0 Å². The summed E-state index contributed by atoms with van der Waals surface area (Å²) in [6.45, 7) is 3.94. The lowest BCUT2D eigenvalue weighted by Gasteiger charge is -2.25. The maximum Gasteiger partial charge on any atom is 0.229 e. The fraction of sp³-hybridized carbons (Fsp3) is 0.263. The van der Waals surface area contributed by atoms with Gasteiger partial charge in [-0.05, 0) is 36.8 Å². The molecule has 0 aliphatic rings. The van der Waals surface area contributed by atoms with Crippen molar-refractivity contribution in [1.82, 2.24) is 5.32 Å². The molecule has 126 valence electrons. The fourth-order valence-electron chi connectivity index (χ4n) is 2.59. The molecule has 0 saturated heterocycles. The van der Waals surface area contributed by atoms with Gasteiger partial charge < -0.3 is 10.2 Å². The zero-order valence-electron chi connectivity index (χ0n) is 13.8. The molecule has 0 spiro atoms. The number of carbonyl (C=O) groups is 2. The average molecular weight is 345 g/mol. The Bertz CT molecular complexity index is 686. The number of amides is 2. The SMILES string of the molecule is CCN(C(=O)CC(NC(C)=O)c1ccc(Cl)cc1)c1ccccc1. The number of para-hydroxylation sites is 1. The first-order chi connectivity index (χ1) is 11.5. The third-order valence-electron chi connectivity index (χ3n) is 3.71. The van der Waals surface area contributed by atoms with Crippen LogP contribution in [0.1, 0.15) is 31.9 Å². The first kappa shape index (κ1) is 18.0. The normalized spacial score (nSPS) is 11.6. The number of nitrogens with one attached hydrogen (secondary N) is 1. The Labute approximate surface area is 147 Å². The molecule has 1 unspecified atom stereocenters. The van der Waals surface area contributed by atoms with Crippen molar-refractivity contribution in [2.75, 3.05) is 11.4 Å². The summed E-state index contributed by atoms with van der Waals surface area (Å²) < 4.78 is 0. The maximum atomic E-state index is 12.8. The Morgan fingerprint density at radius 2 is 1.71 bits per heavy atom. The summed E-state index contributed by atoms with van der Waals surface area (Å²) in [5.74, 6) is -0.220. The zero-order valence-corrected chi connectivity index (χ0v) is 14.6. The van der Waals surface area contributed by atoms with Gasteiger partial charge >= 0.3 is 0 Å². The van der Waals surface area contributed by atoms with Gasteiger partial charge in [0.1, 0.15) is 0 Å². The predicted molar refractivity (Wildman–Crippen MR) is 97.1 cm³/mol. The number of halogens is 1. The van der Waals surface area contributed by atoms with E-state index in [-0.39, 0.29) is 24.3 Å². The van der Waals surface area contributed by atoms with Crippen molar-refractivity contribution in [2.24, 2.45) is 0 Å². The van der Waals surface area contributed by atoms with Crippen LogP contribution in [0.5, 0.6) is 0 Å². The molecule has 0 aromatic heterocycles. The number of rotatable bonds is 6. The lowest BCUT2D eigenvalue weighted by molar-refractivity contribution is -0.121. The lowest BCUT2D eigenvalue weighted by atomic mass is 10.0. The zero-order chi connectivity index (χ0) is 17.5. The van der Waals surface area contributed by atoms with E-state index in [0.717, 1.165) is 11.3 Å². The Morgan fingerprint density at radius 3 is 2.25 bits per heavy atom. The highest BCUT2D eigenvalue weighted by molar-refractivity contribution is 6.30. The van der Waals surface area contributed by atoms with Crippen LogP contribution < -0.4 is 10.2 Å². The van der Waals surface area contributed by atoms with E-state index in [1.54, 1.807) is 17.0 Å². The molecule has 0 aliphatic heterocycles. The molecule has 0 bridgehead atoms. The van der Waals surface area contributed by atoms with Crippen LogP contribution in [-0.2, 0) is 9.59 Å². The topological polar surface area (TPSA) is 49.4 Å². The number of anilines is 1. The second-order valence-electron chi connectivity index (χ2n) is 5.48. The molecule has 2 aromatic carbocycles. The van der Waals surface area contributed by atoms with Gasteiger partial charge in [-0.1, -0.05) is 41.9 Å². The molecule has 5 heteroatoms. The molecule has 0 radical (unpaired) electrons. The van der Waals surface area contributed by atoms with Gasteiger partial charge in [-0.15, -0.1) is 0 Å². The number of nitrogens with zero attached hydrogens (tertiary/aromatic N) is 1. The van der Waals surface area contributed by atoms with E-state index < -0.39 is 0 Å². The number of hydrogen-bond donors (Lipinski definition) is 1. The molecule has 0 saturated carbocycles. The summed E-state index contributed by atoms with van der Waals surface area (Å²) in [5, 5.41) is 3.46. The van der Waals surface area contributed by atoms with E-state index in [4.69, 9.17) is 11.6 Å². The monoisotopic (exact) mass is 344 g/mol. The molecule has 4 nitrogen and oxygen atoms in total. The third-order valence-corrected chi connectivity index (χ3v) is 3.97. The van der Waals surface area contributed by atoms with E-state index in [9.17, 15) is 9.59 Å². The van der Waals surface area contributed by atoms with E-state index in [1.165, 1.54) is 6.92 Å². The Kier molecular flexibility index (Phi) is 6.38. The minimum absolute atomic E-state index is 0.0441. The summed E-state index contributed by atoms with van der Waals surface area (Å²) in [5.41, 5.74) is 1.70. The average Bonchev–Trinajstić information content (AvgIpc) is 2.56. The van der Waals surface area contributed by atoms with Crippen LogP contribution >= 0.6 is 11.6 Å². The largest absolute Gasteiger partial charge is 0.349 e. The summed E-state index contributed by atoms with van der Waals surface area (Å²) >= 11 is 5.92. The van der Waals surface area contributed by atoms with Crippen LogP contribution in [0.25, 0.3) is 0 Å². The van der Waals surface area contributed by atoms with Gasteiger partial charge in [0, 0.05) is 24.2 Å². The van der Waals surface area contributed by atoms with Crippen molar-refractivity contribution in [3.8, 4) is 0 Å². The van der Waals surface area contributed by atoms with E-state index in [0.29, 0.717) is 11.6 Å². The first-order valence-corrected chi connectivity index (χ1v) is 8.27. The van der Waals surface area contributed by atoms with Crippen LogP contribution in [0.4, 0.5) is 5.69 Å². The summed E-state index contributed by atoms with van der Waals surface area (Å²) in [4.78, 5) is 26.0. The molecule has 2 rings (SSSR count). The molecule has 1 atom stereocenters. The van der Waals surface area contributed by atoms with Crippen molar-refractivity contribution in [3.05, 3.63) is 65.2 Å². The van der Waals surface area contributed by atoms with Gasteiger partial charge in [0.05, 0.1) is 12.5 Å². The Hall–Kier alpha value is -2.33. The quantitative estimate of drug-likeness (QED) is 0.862. The van der Waals surface area contributed by atoms with Crippen molar-refractivity contribution in [3.63, 3.8) is 0 Å². The van der Waals surface area contributed by atoms with Crippen molar-refractivity contribution in [2.45, 2.75) is 26.3 Å². The lowest BCUT2D eigenvalue weighted by Crippen LogP contribution is -2.35. The van der Waals surface area contributed by atoms with Crippen molar-refractivity contribution >= 4 is 29.1 Å². The first-order valence-electron chi connectivity index (χ1n) is 7.89. The molecule has 0 heterocycles. The van der Waals surface area contributed by atoms with Crippen LogP contribution in [0.15, 0.2) is 54.6 Å². The van der Waals surface area contributed by atoms with Gasteiger partial charge in [-0.25, -0.2) is 0 Å². The molecular formula is C19H21ClN2O2. The number of hydrogen-bond acceptors (Lipinski definition) is 2. The standard InChI is InChI=1S/C19H21ClN2O2/c1-3-22(17-7-5-4-6-8-17)19(24)13-18(21-14(2)23)15-9-11-16(20)12-10-15/h4-12,18H,3,13H2,1-2H3,(H,21,23). The number of carbonyl (C=O) groups excluding carboxylic acids is 2. The van der Waals surface area contributed by atoms with Gasteiger partial charge in [0.15, 0.2) is 0 Å². The second kappa shape index (κ2) is 8.50. The molecular weight excluding hydrogens is 324 g/mol. The molecule has 0 fully saturated rings. The molecule has 1 N–H and O–H groups in total. The minimum Gasteiger partial charge on any atom is -0.349 e. The summed E-state index contributed by atoms with van der Waals surface area (Å²) in [7, 11) is 0. The van der Waals surface area contributed by atoms with Crippen molar-refractivity contribution in [1.29, 1.82) is 0 Å². The second-order valence-corrected chi connectivity index (χ2v) is 5.92. The highest BCUT2D eigenvalue weighted by Gasteiger charge is 2.21. The smallest absolute Gasteiger partial charge is 0.229 e. The molecule has 24 heavy (non-hydrogen) atoms. The minimum atomic E-state index is -0.384. The van der Waals surface area contributed by atoms with Crippen molar-refractivity contribution < 1.29 is 9.59 Å². The molecule has 2 amide bonds. The van der Waals surface area contributed by atoms with Crippen LogP contribution in [0, 0.1) is 0 Å². The van der Waals surface area contributed by atoms with Gasteiger partial charge in [-0.3, -0.25) is 9.59 Å². The van der Waals surface area contributed by atoms with Gasteiger partial charge in [0.2, 0.25) is 11.8 Å². The van der Waals surface area contributed by atoms with Gasteiger partial charge in [0.25, 0.3) is 0 Å². The Balaban J connectivity index is 2.20. The predicted octanol–water partition coefficient (Wildman–Crippen LogP) is 3.96. The Morgan fingerprint density at radius 1 is 1.08 bits per heavy atom. The highest BCUT2D eigenvalue weighted by Crippen LogP contribution is 2.22. The molecule has 2 aromatic rings.